The number of carboxylic acids is 1. The number of amidine groups is 1. The van der Waals surface area contributed by atoms with Gasteiger partial charge in [0.1, 0.15) is 11.6 Å². The standard InChI is InChI=1S/C28H34FN3O6/c1-28(2,3)18-10-16(11-19(31-8-6-7-9-31)25(18)38-15-22(34)35)20(33)14-32-13-17-12-21(36-4)26(37-5)24(29)23(17)27(32)30/h10-12,30H,6-9,13-15H2,1-5H3,(H,34,35). The molecule has 4 rings (SSSR count). The number of methoxy groups -OCH3 is 2. The van der Waals surface area contributed by atoms with Crippen LogP contribution in [-0.4, -0.2) is 68.1 Å². The topological polar surface area (TPSA) is 112 Å². The van der Waals surface area contributed by atoms with E-state index in [4.69, 9.17) is 19.6 Å². The number of nitrogens with zero attached hydrogens (tertiary/aromatic N) is 2. The Morgan fingerprint density at radius 3 is 2.34 bits per heavy atom. The summed E-state index contributed by atoms with van der Waals surface area (Å²) in [4.78, 5) is 28.6. The third kappa shape index (κ3) is 5.12. The van der Waals surface area contributed by atoms with Crippen molar-refractivity contribution in [1.82, 2.24) is 4.90 Å². The van der Waals surface area contributed by atoms with Crippen LogP contribution < -0.4 is 19.1 Å². The van der Waals surface area contributed by atoms with Crippen LogP contribution in [0.2, 0.25) is 0 Å². The summed E-state index contributed by atoms with van der Waals surface area (Å²) < 4.78 is 31.3. The van der Waals surface area contributed by atoms with Crippen molar-refractivity contribution in [3.8, 4) is 17.2 Å². The number of hydrogen-bond acceptors (Lipinski definition) is 7. The number of nitrogens with one attached hydrogen (secondary N) is 1. The molecule has 1 fully saturated rings. The number of Topliss-reactive ketones (excluding diaryl/α,β-unsaturated/α-hetero) is 1. The molecule has 0 amide bonds. The summed E-state index contributed by atoms with van der Waals surface area (Å²) in [5.41, 5.74) is 2.06. The van der Waals surface area contributed by atoms with Crippen molar-refractivity contribution < 1.29 is 33.3 Å². The lowest BCUT2D eigenvalue weighted by Gasteiger charge is -2.29. The zero-order chi connectivity index (χ0) is 27.8. The Labute approximate surface area is 221 Å². The molecule has 9 nitrogen and oxygen atoms in total. The van der Waals surface area contributed by atoms with Gasteiger partial charge in [-0.3, -0.25) is 10.2 Å². The molecule has 0 unspecified atom stereocenters. The smallest absolute Gasteiger partial charge is 0.341 e. The molecule has 0 aromatic heterocycles. The van der Waals surface area contributed by atoms with Crippen LogP contribution in [0.3, 0.4) is 0 Å². The number of aliphatic carboxylic acids is 1. The predicted molar refractivity (Wildman–Crippen MR) is 141 cm³/mol. The summed E-state index contributed by atoms with van der Waals surface area (Å²) in [6.45, 7) is 7.06. The maximum Gasteiger partial charge on any atom is 0.341 e. The normalized spacial score (nSPS) is 15.1. The quantitative estimate of drug-likeness (QED) is 0.466. The minimum absolute atomic E-state index is 0.0776. The van der Waals surface area contributed by atoms with Gasteiger partial charge >= 0.3 is 5.97 Å². The zero-order valence-electron chi connectivity index (χ0n) is 22.4. The van der Waals surface area contributed by atoms with E-state index in [-0.39, 0.29) is 41.8 Å². The molecule has 2 N–H and O–H groups in total. The molecule has 0 atom stereocenters. The van der Waals surface area contributed by atoms with Crippen LogP contribution in [0.5, 0.6) is 17.2 Å². The summed E-state index contributed by atoms with van der Waals surface area (Å²) >= 11 is 0. The molecule has 1 saturated heterocycles. The maximum atomic E-state index is 15.2. The monoisotopic (exact) mass is 527 g/mol. The van der Waals surface area contributed by atoms with E-state index in [9.17, 15) is 14.7 Å². The van der Waals surface area contributed by atoms with Crippen LogP contribution in [-0.2, 0) is 16.8 Å². The molecule has 2 heterocycles. The van der Waals surface area contributed by atoms with Gasteiger partial charge < -0.3 is 29.1 Å². The molecule has 0 aliphatic carbocycles. The highest BCUT2D eigenvalue weighted by Crippen LogP contribution is 2.42. The molecule has 38 heavy (non-hydrogen) atoms. The number of rotatable bonds is 9. The van der Waals surface area contributed by atoms with Crippen molar-refractivity contribution in [3.63, 3.8) is 0 Å². The first kappa shape index (κ1) is 27.2. The van der Waals surface area contributed by atoms with E-state index in [0.29, 0.717) is 22.6 Å². The molecular formula is C28H34FN3O6. The van der Waals surface area contributed by atoms with Gasteiger partial charge in [-0.2, -0.15) is 0 Å². The summed E-state index contributed by atoms with van der Waals surface area (Å²) in [7, 11) is 2.75. The molecule has 10 heteroatoms. The third-order valence-corrected chi connectivity index (χ3v) is 6.93. The number of fused-ring (bicyclic) bond motifs is 1. The van der Waals surface area contributed by atoms with Gasteiger partial charge in [-0.05, 0) is 42.0 Å². The molecule has 0 radical (unpaired) electrons. The number of carbonyl (C=O) groups is 2. The van der Waals surface area contributed by atoms with Gasteiger partial charge in [0.05, 0.1) is 32.0 Å². The van der Waals surface area contributed by atoms with E-state index in [1.54, 1.807) is 18.2 Å². The van der Waals surface area contributed by atoms with Gasteiger partial charge in [0, 0.05) is 30.8 Å². The van der Waals surface area contributed by atoms with Crippen molar-refractivity contribution in [2.24, 2.45) is 0 Å². The summed E-state index contributed by atoms with van der Waals surface area (Å²) in [5, 5.41) is 17.8. The van der Waals surface area contributed by atoms with Crippen LogP contribution in [0.15, 0.2) is 18.2 Å². The summed E-state index contributed by atoms with van der Waals surface area (Å²) in [6.07, 6.45) is 1.98. The Balaban J connectivity index is 1.69. The zero-order valence-corrected chi connectivity index (χ0v) is 22.4. The van der Waals surface area contributed by atoms with E-state index >= 15 is 4.39 Å². The Bertz CT molecular complexity index is 1280. The second-order valence-electron chi connectivity index (χ2n) is 10.6. The van der Waals surface area contributed by atoms with Crippen molar-refractivity contribution in [2.45, 2.75) is 45.6 Å². The number of ketones is 1. The van der Waals surface area contributed by atoms with Gasteiger partial charge in [0.25, 0.3) is 0 Å². The largest absolute Gasteiger partial charge is 0.493 e. The lowest BCUT2D eigenvalue weighted by Crippen LogP contribution is -2.31. The van der Waals surface area contributed by atoms with Crippen LogP contribution >= 0.6 is 0 Å². The highest BCUT2D eigenvalue weighted by Gasteiger charge is 2.34. The first-order valence-electron chi connectivity index (χ1n) is 12.5. The van der Waals surface area contributed by atoms with Crippen molar-refractivity contribution in [1.29, 1.82) is 5.41 Å². The highest BCUT2D eigenvalue weighted by atomic mass is 19.1. The Morgan fingerprint density at radius 1 is 1.08 bits per heavy atom. The molecule has 204 valence electrons. The molecule has 2 aromatic carbocycles. The Hall–Kier alpha value is -3.82. The fourth-order valence-electron chi connectivity index (χ4n) is 5.03. The van der Waals surface area contributed by atoms with Crippen molar-refractivity contribution in [2.75, 3.05) is 45.4 Å². The van der Waals surface area contributed by atoms with Crippen LogP contribution in [0, 0.1) is 11.2 Å². The molecule has 0 bridgehead atoms. The fraction of sp³-hybridized carbons (Fsp3) is 0.464. The molecular weight excluding hydrogens is 493 g/mol. The van der Waals surface area contributed by atoms with Crippen LogP contribution in [0.4, 0.5) is 10.1 Å². The number of halogens is 1. The molecule has 2 aromatic rings. The Morgan fingerprint density at radius 2 is 1.76 bits per heavy atom. The number of anilines is 1. The lowest BCUT2D eigenvalue weighted by atomic mass is 9.84. The van der Waals surface area contributed by atoms with E-state index < -0.39 is 23.8 Å². The van der Waals surface area contributed by atoms with E-state index in [1.807, 2.05) is 20.8 Å². The van der Waals surface area contributed by atoms with Crippen molar-refractivity contribution >= 4 is 23.3 Å². The van der Waals surface area contributed by atoms with E-state index in [2.05, 4.69) is 4.90 Å². The molecule has 2 aliphatic heterocycles. The predicted octanol–water partition coefficient (Wildman–Crippen LogP) is 4.23. The number of benzene rings is 2. The van der Waals surface area contributed by atoms with Gasteiger partial charge in [0.15, 0.2) is 29.7 Å². The molecule has 0 spiro atoms. The second-order valence-corrected chi connectivity index (χ2v) is 10.6. The van der Waals surface area contributed by atoms with Gasteiger partial charge in [-0.1, -0.05) is 20.8 Å². The average molecular weight is 528 g/mol. The summed E-state index contributed by atoms with van der Waals surface area (Å²) in [6, 6.07) is 5.13. The first-order valence-corrected chi connectivity index (χ1v) is 12.5. The maximum absolute atomic E-state index is 15.2. The number of ether oxygens (including phenoxy) is 3. The van der Waals surface area contributed by atoms with Gasteiger partial charge in [-0.25, -0.2) is 9.18 Å². The van der Waals surface area contributed by atoms with Crippen molar-refractivity contribution in [3.05, 3.63) is 46.3 Å². The fourth-order valence-corrected chi connectivity index (χ4v) is 5.03. The SMILES string of the molecule is COc1cc2c(c(F)c1OC)C(=N)N(CC(=O)c1cc(N3CCCC3)c(OCC(=O)O)c(C(C)(C)C)c1)C2. The highest BCUT2D eigenvalue weighted by molar-refractivity contribution is 6.06. The number of hydrogen-bond donors (Lipinski definition) is 2. The Kier molecular flexibility index (Phi) is 7.53. The van der Waals surface area contributed by atoms with E-state index in [0.717, 1.165) is 31.5 Å². The van der Waals surface area contributed by atoms with E-state index in [1.165, 1.54) is 19.1 Å². The lowest BCUT2D eigenvalue weighted by molar-refractivity contribution is -0.139. The number of carboxylic acid groups (broad SMARTS) is 1. The third-order valence-electron chi connectivity index (χ3n) is 6.93. The summed E-state index contributed by atoms with van der Waals surface area (Å²) in [5.74, 6) is -1.47. The minimum atomic E-state index is -1.08. The average Bonchev–Trinajstić information content (AvgIpc) is 3.50. The minimum Gasteiger partial charge on any atom is -0.493 e. The number of carbonyl (C=O) groups excluding carboxylic acids is 1. The molecule has 0 saturated carbocycles. The van der Waals surface area contributed by atoms with Gasteiger partial charge in [0.2, 0.25) is 0 Å². The second kappa shape index (κ2) is 10.5. The molecule has 2 aliphatic rings. The first-order chi connectivity index (χ1) is 18.0. The van der Waals surface area contributed by atoms with Gasteiger partial charge in [-0.15, -0.1) is 0 Å². The van der Waals surface area contributed by atoms with Crippen LogP contribution in [0.25, 0.3) is 0 Å². The van der Waals surface area contributed by atoms with Crippen LogP contribution in [0.1, 0.15) is 60.7 Å².